The quantitative estimate of drug-likeness (QED) is 0.780. The van der Waals surface area contributed by atoms with Crippen molar-refractivity contribution in [1.82, 2.24) is 19.3 Å². The van der Waals surface area contributed by atoms with E-state index in [-0.39, 0.29) is 6.54 Å². The molecule has 0 saturated carbocycles. The smallest absolute Gasteiger partial charge is 0.291 e. The van der Waals surface area contributed by atoms with Crippen LogP contribution in [-0.4, -0.2) is 19.3 Å². The van der Waals surface area contributed by atoms with Gasteiger partial charge in [0, 0.05) is 7.05 Å². The lowest BCUT2D eigenvalue weighted by Gasteiger charge is -2.06. The number of H-pyrrole nitrogens is 1. The van der Waals surface area contributed by atoms with Gasteiger partial charge in [0.05, 0.1) is 22.8 Å². The minimum atomic E-state index is -0.498. The summed E-state index contributed by atoms with van der Waals surface area (Å²) in [6.45, 7) is 0.107. The number of aromatic amines is 1. The molecular formula is C13H10Cl2N4O2. The molecule has 3 rings (SSSR count). The van der Waals surface area contributed by atoms with Crippen LogP contribution in [0.15, 0.2) is 34.0 Å². The van der Waals surface area contributed by atoms with Gasteiger partial charge in [-0.2, -0.15) is 5.10 Å². The van der Waals surface area contributed by atoms with E-state index in [9.17, 15) is 9.59 Å². The van der Waals surface area contributed by atoms with Gasteiger partial charge in [0.2, 0.25) is 0 Å². The Morgan fingerprint density at radius 3 is 2.71 bits per heavy atom. The summed E-state index contributed by atoms with van der Waals surface area (Å²) in [6.07, 6.45) is 1.43. The van der Waals surface area contributed by atoms with Crippen LogP contribution < -0.4 is 11.2 Å². The van der Waals surface area contributed by atoms with Gasteiger partial charge in [-0.05, 0) is 17.7 Å². The van der Waals surface area contributed by atoms with Crippen molar-refractivity contribution in [2.45, 2.75) is 6.54 Å². The summed E-state index contributed by atoms with van der Waals surface area (Å²) in [5.41, 5.74) is 0.214. The van der Waals surface area contributed by atoms with Gasteiger partial charge in [-0.25, -0.2) is 4.79 Å². The normalized spacial score (nSPS) is 11.2. The van der Waals surface area contributed by atoms with E-state index in [4.69, 9.17) is 23.2 Å². The van der Waals surface area contributed by atoms with Crippen LogP contribution in [0.4, 0.5) is 0 Å². The molecule has 0 amide bonds. The molecule has 0 radical (unpaired) electrons. The zero-order valence-electron chi connectivity index (χ0n) is 10.9. The third-order valence-corrected chi connectivity index (χ3v) is 3.95. The molecule has 3 aromatic rings. The fourth-order valence-electron chi connectivity index (χ4n) is 2.11. The van der Waals surface area contributed by atoms with E-state index in [2.05, 4.69) is 10.1 Å². The van der Waals surface area contributed by atoms with Gasteiger partial charge in [-0.3, -0.25) is 19.0 Å². The van der Waals surface area contributed by atoms with Crippen LogP contribution in [0, 0.1) is 0 Å². The monoisotopic (exact) mass is 324 g/mol. The maximum atomic E-state index is 12.3. The Hall–Kier alpha value is -2.05. The molecule has 1 aromatic carbocycles. The van der Waals surface area contributed by atoms with Gasteiger partial charge in [-0.15, -0.1) is 0 Å². The molecule has 0 unspecified atom stereocenters. The lowest BCUT2D eigenvalue weighted by atomic mass is 10.2. The summed E-state index contributed by atoms with van der Waals surface area (Å²) >= 11 is 11.8. The molecule has 1 N–H and O–H groups in total. The molecule has 108 valence electrons. The van der Waals surface area contributed by atoms with E-state index < -0.39 is 11.2 Å². The molecule has 6 nitrogen and oxygen atoms in total. The van der Waals surface area contributed by atoms with E-state index in [1.54, 1.807) is 25.2 Å². The SMILES string of the molecule is Cn1ncc2c(=O)n(Cc3ccc(Cl)c(Cl)c3)c(=O)[nH]c21. The summed E-state index contributed by atoms with van der Waals surface area (Å²) in [4.78, 5) is 27.1. The Morgan fingerprint density at radius 2 is 2.00 bits per heavy atom. The van der Waals surface area contributed by atoms with Crippen molar-refractivity contribution in [3.8, 4) is 0 Å². The van der Waals surface area contributed by atoms with E-state index in [0.717, 1.165) is 4.57 Å². The second-order valence-corrected chi connectivity index (χ2v) is 5.41. The van der Waals surface area contributed by atoms with Crippen molar-refractivity contribution in [2.75, 3.05) is 0 Å². The van der Waals surface area contributed by atoms with E-state index in [0.29, 0.717) is 26.6 Å². The Labute approximate surface area is 128 Å². The summed E-state index contributed by atoms with van der Waals surface area (Å²) in [7, 11) is 1.65. The van der Waals surface area contributed by atoms with Gasteiger partial charge < -0.3 is 0 Å². The molecule has 0 saturated heterocycles. The number of aryl methyl sites for hydroxylation is 1. The standard InChI is InChI=1S/C13H10Cl2N4O2/c1-18-11-8(5-16-18)12(20)19(13(21)17-11)6-7-2-3-9(14)10(15)4-7/h2-5H,6H2,1H3,(H,17,21). The minimum Gasteiger partial charge on any atom is -0.291 e. The maximum absolute atomic E-state index is 12.3. The van der Waals surface area contributed by atoms with Gasteiger partial charge in [0.15, 0.2) is 0 Å². The highest BCUT2D eigenvalue weighted by Gasteiger charge is 2.11. The van der Waals surface area contributed by atoms with Crippen molar-refractivity contribution < 1.29 is 0 Å². The Bertz CT molecular complexity index is 955. The topological polar surface area (TPSA) is 72.7 Å². The zero-order chi connectivity index (χ0) is 15.1. The predicted molar refractivity (Wildman–Crippen MR) is 81.2 cm³/mol. The van der Waals surface area contributed by atoms with E-state index in [1.165, 1.54) is 10.9 Å². The second-order valence-electron chi connectivity index (χ2n) is 4.60. The number of benzene rings is 1. The van der Waals surface area contributed by atoms with Crippen molar-refractivity contribution in [1.29, 1.82) is 0 Å². The lowest BCUT2D eigenvalue weighted by Crippen LogP contribution is -2.35. The molecule has 2 aromatic heterocycles. The van der Waals surface area contributed by atoms with Crippen molar-refractivity contribution in [3.63, 3.8) is 0 Å². The van der Waals surface area contributed by atoms with Gasteiger partial charge in [-0.1, -0.05) is 29.3 Å². The Morgan fingerprint density at radius 1 is 1.24 bits per heavy atom. The average molecular weight is 325 g/mol. The summed E-state index contributed by atoms with van der Waals surface area (Å²) in [6, 6.07) is 4.97. The number of fused-ring (bicyclic) bond motifs is 1. The first kappa shape index (κ1) is 13.9. The third kappa shape index (κ3) is 2.36. The van der Waals surface area contributed by atoms with Crippen LogP contribution >= 0.6 is 23.2 Å². The van der Waals surface area contributed by atoms with Crippen LogP contribution in [0.3, 0.4) is 0 Å². The predicted octanol–water partition coefficient (Wildman–Crippen LogP) is 1.78. The second kappa shape index (κ2) is 5.05. The number of nitrogens with one attached hydrogen (secondary N) is 1. The number of nitrogens with zero attached hydrogens (tertiary/aromatic N) is 3. The van der Waals surface area contributed by atoms with Gasteiger partial charge >= 0.3 is 5.69 Å². The first-order valence-corrected chi connectivity index (χ1v) is 6.81. The van der Waals surface area contributed by atoms with Crippen LogP contribution in [0.1, 0.15) is 5.56 Å². The highest BCUT2D eigenvalue weighted by Crippen LogP contribution is 2.22. The summed E-state index contributed by atoms with van der Waals surface area (Å²) in [5, 5.41) is 5.12. The number of rotatable bonds is 2. The zero-order valence-corrected chi connectivity index (χ0v) is 12.4. The molecular weight excluding hydrogens is 315 g/mol. The third-order valence-electron chi connectivity index (χ3n) is 3.21. The fourth-order valence-corrected chi connectivity index (χ4v) is 2.43. The van der Waals surface area contributed by atoms with Gasteiger partial charge in [0.25, 0.3) is 5.56 Å². The summed E-state index contributed by atoms with van der Waals surface area (Å²) < 4.78 is 2.55. The van der Waals surface area contributed by atoms with Crippen molar-refractivity contribution >= 4 is 34.2 Å². The van der Waals surface area contributed by atoms with Crippen molar-refractivity contribution in [3.05, 3.63) is 60.8 Å². The molecule has 0 aliphatic heterocycles. The first-order chi connectivity index (χ1) is 9.97. The molecule has 0 bridgehead atoms. The lowest BCUT2D eigenvalue weighted by molar-refractivity contribution is 0.703. The Balaban J connectivity index is 2.14. The number of hydrogen-bond acceptors (Lipinski definition) is 3. The van der Waals surface area contributed by atoms with Gasteiger partial charge in [0.1, 0.15) is 11.0 Å². The highest BCUT2D eigenvalue weighted by atomic mass is 35.5. The van der Waals surface area contributed by atoms with Crippen LogP contribution in [-0.2, 0) is 13.6 Å². The molecule has 0 spiro atoms. The molecule has 0 fully saturated rings. The number of halogens is 2. The van der Waals surface area contributed by atoms with E-state index in [1.807, 2.05) is 0 Å². The van der Waals surface area contributed by atoms with Crippen LogP contribution in [0.5, 0.6) is 0 Å². The highest BCUT2D eigenvalue weighted by molar-refractivity contribution is 6.42. The fraction of sp³-hybridized carbons (Fsp3) is 0.154. The summed E-state index contributed by atoms with van der Waals surface area (Å²) in [5.74, 6) is 0. The minimum absolute atomic E-state index is 0.107. The molecule has 0 atom stereocenters. The van der Waals surface area contributed by atoms with Crippen LogP contribution in [0.2, 0.25) is 10.0 Å². The Kier molecular flexibility index (Phi) is 3.35. The molecule has 8 heteroatoms. The average Bonchev–Trinajstić information content (AvgIpc) is 2.80. The molecule has 2 heterocycles. The first-order valence-electron chi connectivity index (χ1n) is 6.06. The molecule has 21 heavy (non-hydrogen) atoms. The number of aromatic nitrogens is 4. The number of hydrogen-bond donors (Lipinski definition) is 1. The largest absolute Gasteiger partial charge is 0.330 e. The molecule has 0 aliphatic rings. The van der Waals surface area contributed by atoms with Crippen LogP contribution in [0.25, 0.3) is 11.0 Å². The molecule has 0 aliphatic carbocycles. The maximum Gasteiger partial charge on any atom is 0.330 e. The van der Waals surface area contributed by atoms with E-state index >= 15 is 0 Å². The van der Waals surface area contributed by atoms with Crippen molar-refractivity contribution in [2.24, 2.45) is 7.05 Å².